The third-order valence-corrected chi connectivity index (χ3v) is 2.44. The molecule has 1 aromatic carbocycles. The number of para-hydroxylation sites is 2. The van der Waals surface area contributed by atoms with E-state index in [-0.39, 0.29) is 17.0 Å². The van der Waals surface area contributed by atoms with E-state index in [1.165, 1.54) is 0 Å². The van der Waals surface area contributed by atoms with E-state index in [4.69, 9.17) is 6.42 Å². The molecule has 0 aliphatic rings. The molecule has 0 aliphatic heterocycles. The highest BCUT2D eigenvalue weighted by molar-refractivity contribution is 8.93. The van der Waals surface area contributed by atoms with Gasteiger partial charge in [-0.1, -0.05) is 29.8 Å². The number of nitrogens with one attached hydrogen (secondary N) is 1. The number of aromatic amines is 1. The predicted octanol–water partition coefficient (Wildman–Crippen LogP) is 2.87. The maximum atomic E-state index is 5.16. The second-order valence-electron chi connectivity index (χ2n) is 2.55. The summed E-state index contributed by atoms with van der Waals surface area (Å²) in [7, 11) is 0. The summed E-state index contributed by atoms with van der Waals surface area (Å²) in [5, 5.41) is 0.888. The molecule has 0 fully saturated rings. The third kappa shape index (κ3) is 2.31. The number of fused-ring (bicyclic) bond motifs is 1. The van der Waals surface area contributed by atoms with Gasteiger partial charge in [-0.3, -0.25) is 0 Å². The van der Waals surface area contributed by atoms with Crippen LogP contribution in [0.2, 0.25) is 0 Å². The van der Waals surface area contributed by atoms with Crippen molar-refractivity contribution in [1.29, 1.82) is 0 Å². The van der Waals surface area contributed by atoms with E-state index in [0.717, 1.165) is 16.2 Å². The van der Waals surface area contributed by atoms with Crippen LogP contribution in [-0.2, 0) is 0 Å². The monoisotopic (exact) mass is 268 g/mol. The number of rotatable bonds is 2. The fourth-order valence-electron chi connectivity index (χ4n) is 1.11. The summed E-state index contributed by atoms with van der Waals surface area (Å²) in [5.74, 6) is 3.22. The average Bonchev–Trinajstić information content (AvgIpc) is 2.57. The minimum absolute atomic E-state index is 0. The molecule has 0 amide bonds. The molecule has 0 aliphatic carbocycles. The zero-order chi connectivity index (χ0) is 9.10. The summed E-state index contributed by atoms with van der Waals surface area (Å²) in [4.78, 5) is 7.55. The van der Waals surface area contributed by atoms with Crippen molar-refractivity contribution >= 4 is 39.8 Å². The summed E-state index contributed by atoms with van der Waals surface area (Å²) in [5.41, 5.74) is 2.05. The van der Waals surface area contributed by atoms with Gasteiger partial charge in [-0.2, -0.15) is 0 Å². The van der Waals surface area contributed by atoms with E-state index in [9.17, 15) is 0 Å². The van der Waals surface area contributed by atoms with Crippen molar-refractivity contribution in [3.8, 4) is 12.3 Å². The lowest BCUT2D eigenvalue weighted by molar-refractivity contribution is 1.08. The van der Waals surface area contributed by atoms with Crippen molar-refractivity contribution in [2.75, 3.05) is 5.75 Å². The number of H-pyrrole nitrogens is 1. The van der Waals surface area contributed by atoms with Gasteiger partial charge in [0.25, 0.3) is 0 Å². The molecular weight excluding hydrogens is 260 g/mol. The number of imidazole rings is 1. The Morgan fingerprint density at radius 1 is 1.43 bits per heavy atom. The molecule has 0 saturated carbocycles. The Bertz CT molecular complexity index is 425. The predicted molar refractivity (Wildman–Crippen MR) is 66.0 cm³/mol. The Morgan fingerprint density at radius 2 is 2.21 bits per heavy atom. The molecule has 72 valence electrons. The molecule has 0 atom stereocenters. The zero-order valence-electron chi connectivity index (χ0n) is 7.36. The number of halogens is 1. The Hall–Kier alpha value is -0.920. The Balaban J connectivity index is 0.000000980. The first kappa shape index (κ1) is 11.2. The summed E-state index contributed by atoms with van der Waals surface area (Å²) < 4.78 is 0. The first-order valence-corrected chi connectivity index (χ1v) is 4.90. The minimum atomic E-state index is 0. The van der Waals surface area contributed by atoms with Gasteiger partial charge >= 0.3 is 0 Å². The Morgan fingerprint density at radius 3 is 2.93 bits per heavy atom. The van der Waals surface area contributed by atoms with Crippen LogP contribution in [0, 0.1) is 12.3 Å². The van der Waals surface area contributed by atoms with Crippen LogP contribution in [0.25, 0.3) is 11.0 Å². The number of hydrogen-bond donors (Lipinski definition) is 1. The highest BCUT2D eigenvalue weighted by Crippen LogP contribution is 2.18. The minimum Gasteiger partial charge on any atom is -0.333 e. The number of terminal acetylenes is 1. The Labute approximate surface area is 97.3 Å². The summed E-state index contributed by atoms with van der Waals surface area (Å²) in [6.07, 6.45) is 5.16. The van der Waals surface area contributed by atoms with E-state index in [0.29, 0.717) is 5.75 Å². The van der Waals surface area contributed by atoms with Gasteiger partial charge in [-0.05, 0) is 12.1 Å². The normalized spacial score (nSPS) is 9.36. The van der Waals surface area contributed by atoms with E-state index < -0.39 is 0 Å². The van der Waals surface area contributed by atoms with Crippen LogP contribution in [0.4, 0.5) is 0 Å². The van der Waals surface area contributed by atoms with Crippen molar-refractivity contribution in [1.82, 2.24) is 9.97 Å². The van der Waals surface area contributed by atoms with Gasteiger partial charge in [-0.15, -0.1) is 23.4 Å². The molecule has 4 heteroatoms. The quantitative estimate of drug-likeness (QED) is 0.670. The molecule has 0 spiro atoms. The maximum Gasteiger partial charge on any atom is 0.167 e. The van der Waals surface area contributed by atoms with E-state index >= 15 is 0 Å². The standard InChI is InChI=1S/C10H8N2S.BrH/c1-2-7-13-10-11-8-5-3-4-6-9(8)12-10;/h1,3-6H,7H2,(H,11,12);1H. The number of benzene rings is 1. The van der Waals surface area contributed by atoms with Gasteiger partial charge in [0.1, 0.15) is 0 Å². The van der Waals surface area contributed by atoms with Crippen molar-refractivity contribution in [3.05, 3.63) is 24.3 Å². The van der Waals surface area contributed by atoms with Crippen molar-refractivity contribution in [2.24, 2.45) is 0 Å². The van der Waals surface area contributed by atoms with Gasteiger partial charge in [0, 0.05) is 0 Å². The van der Waals surface area contributed by atoms with Crippen LogP contribution in [-0.4, -0.2) is 15.7 Å². The SMILES string of the molecule is Br.C#CCSc1nc2ccccc2[nH]1. The first-order valence-electron chi connectivity index (χ1n) is 3.91. The highest BCUT2D eigenvalue weighted by Gasteiger charge is 2.00. The molecule has 0 bridgehead atoms. The molecule has 0 unspecified atom stereocenters. The van der Waals surface area contributed by atoms with Gasteiger partial charge < -0.3 is 4.98 Å². The number of nitrogens with zero attached hydrogens (tertiary/aromatic N) is 1. The smallest absolute Gasteiger partial charge is 0.167 e. The van der Waals surface area contributed by atoms with Gasteiger partial charge in [0.05, 0.1) is 16.8 Å². The van der Waals surface area contributed by atoms with Crippen LogP contribution in [0.5, 0.6) is 0 Å². The number of thioether (sulfide) groups is 1. The molecule has 2 nitrogen and oxygen atoms in total. The fraction of sp³-hybridized carbons (Fsp3) is 0.100. The molecule has 0 radical (unpaired) electrons. The molecule has 1 aromatic heterocycles. The lowest BCUT2D eigenvalue weighted by Crippen LogP contribution is -1.75. The van der Waals surface area contributed by atoms with Gasteiger partial charge in [-0.25, -0.2) is 4.98 Å². The number of aromatic nitrogens is 2. The van der Waals surface area contributed by atoms with E-state index in [1.807, 2.05) is 24.3 Å². The second-order valence-corrected chi connectivity index (χ2v) is 3.52. The van der Waals surface area contributed by atoms with Gasteiger partial charge in [0.2, 0.25) is 0 Å². The van der Waals surface area contributed by atoms with Crippen LogP contribution in [0.3, 0.4) is 0 Å². The third-order valence-electron chi connectivity index (χ3n) is 1.66. The molecular formula is C10H9BrN2S. The molecule has 2 aromatic rings. The van der Waals surface area contributed by atoms with Crippen LogP contribution < -0.4 is 0 Å². The fourth-order valence-corrected chi connectivity index (χ4v) is 1.67. The molecule has 0 saturated heterocycles. The zero-order valence-corrected chi connectivity index (χ0v) is 9.89. The van der Waals surface area contributed by atoms with Crippen LogP contribution in [0.1, 0.15) is 0 Å². The van der Waals surface area contributed by atoms with Crippen molar-refractivity contribution < 1.29 is 0 Å². The lowest BCUT2D eigenvalue weighted by atomic mass is 10.3. The first-order chi connectivity index (χ1) is 6.40. The van der Waals surface area contributed by atoms with E-state index in [1.54, 1.807) is 11.8 Å². The van der Waals surface area contributed by atoms with Crippen LogP contribution in [0.15, 0.2) is 29.4 Å². The topological polar surface area (TPSA) is 28.7 Å². The van der Waals surface area contributed by atoms with Gasteiger partial charge in [0.15, 0.2) is 5.16 Å². The highest BCUT2D eigenvalue weighted by atomic mass is 79.9. The molecule has 14 heavy (non-hydrogen) atoms. The van der Waals surface area contributed by atoms with Crippen LogP contribution >= 0.6 is 28.7 Å². The Kier molecular flexibility index (Phi) is 4.05. The second kappa shape index (κ2) is 5.08. The summed E-state index contributed by atoms with van der Waals surface area (Å²) in [6, 6.07) is 7.93. The lowest BCUT2D eigenvalue weighted by Gasteiger charge is -1.86. The average molecular weight is 269 g/mol. The number of hydrogen-bond acceptors (Lipinski definition) is 2. The summed E-state index contributed by atoms with van der Waals surface area (Å²) in [6.45, 7) is 0. The molecule has 1 heterocycles. The van der Waals surface area contributed by atoms with Crippen molar-refractivity contribution in [2.45, 2.75) is 5.16 Å². The molecule has 2 rings (SSSR count). The largest absolute Gasteiger partial charge is 0.333 e. The van der Waals surface area contributed by atoms with E-state index in [2.05, 4.69) is 15.9 Å². The summed E-state index contributed by atoms with van der Waals surface area (Å²) >= 11 is 1.54. The maximum absolute atomic E-state index is 5.16. The molecule has 1 N–H and O–H groups in total. The van der Waals surface area contributed by atoms with Crippen molar-refractivity contribution in [3.63, 3.8) is 0 Å².